The van der Waals surface area contributed by atoms with Crippen LogP contribution in [-0.2, 0) is 0 Å². The van der Waals surface area contributed by atoms with E-state index in [0.29, 0.717) is 5.56 Å². The number of aromatic nitrogens is 1. The van der Waals surface area contributed by atoms with Gasteiger partial charge < -0.3 is 5.32 Å². The Bertz CT molecular complexity index is 681. The van der Waals surface area contributed by atoms with Gasteiger partial charge in [-0.25, -0.2) is 4.98 Å². The Morgan fingerprint density at radius 3 is 2.55 bits per heavy atom. The van der Waals surface area contributed by atoms with Crippen LogP contribution in [-0.4, -0.2) is 16.5 Å². The first-order valence-corrected chi connectivity index (χ1v) is 6.75. The van der Waals surface area contributed by atoms with Gasteiger partial charge in [0.2, 0.25) is 0 Å². The Labute approximate surface area is 118 Å². The first-order valence-electron chi connectivity index (χ1n) is 6.75. The van der Waals surface area contributed by atoms with Crippen LogP contribution in [0.25, 0.3) is 10.9 Å². The molecule has 1 N–H and O–H groups in total. The number of nitro benzene ring substituents is 1. The summed E-state index contributed by atoms with van der Waals surface area (Å²) in [6.45, 7) is 8.57. The molecule has 0 saturated heterocycles. The maximum absolute atomic E-state index is 11.1. The second-order valence-corrected chi connectivity index (χ2v) is 5.07. The van der Waals surface area contributed by atoms with Gasteiger partial charge in [-0.3, -0.25) is 10.1 Å². The lowest BCUT2D eigenvalue weighted by Gasteiger charge is -2.12. The van der Waals surface area contributed by atoms with Crippen LogP contribution < -0.4 is 5.32 Å². The molecule has 0 radical (unpaired) electrons. The molecule has 0 unspecified atom stereocenters. The molecule has 0 aliphatic carbocycles. The van der Waals surface area contributed by atoms with E-state index < -0.39 is 0 Å². The van der Waals surface area contributed by atoms with Crippen molar-refractivity contribution in [3.63, 3.8) is 0 Å². The molecule has 1 aromatic carbocycles. The third kappa shape index (κ3) is 2.43. The summed E-state index contributed by atoms with van der Waals surface area (Å²) in [6.07, 6.45) is 1.03. The predicted molar refractivity (Wildman–Crippen MR) is 81.4 cm³/mol. The molecule has 2 aromatic rings. The van der Waals surface area contributed by atoms with Crippen molar-refractivity contribution in [3.05, 3.63) is 38.9 Å². The van der Waals surface area contributed by atoms with Gasteiger partial charge in [-0.1, -0.05) is 6.92 Å². The number of anilines is 1. The van der Waals surface area contributed by atoms with Gasteiger partial charge in [0, 0.05) is 23.6 Å². The maximum Gasteiger partial charge on any atom is 0.273 e. The molecule has 1 heterocycles. The van der Waals surface area contributed by atoms with Crippen molar-refractivity contribution in [1.29, 1.82) is 0 Å². The zero-order chi connectivity index (χ0) is 14.9. The zero-order valence-electron chi connectivity index (χ0n) is 12.3. The molecule has 0 atom stereocenters. The van der Waals surface area contributed by atoms with Crippen LogP contribution in [0.2, 0.25) is 0 Å². The molecule has 5 heteroatoms. The van der Waals surface area contributed by atoms with Crippen molar-refractivity contribution in [3.8, 4) is 0 Å². The Morgan fingerprint density at radius 1 is 1.25 bits per heavy atom. The van der Waals surface area contributed by atoms with Crippen molar-refractivity contribution in [2.24, 2.45) is 0 Å². The highest BCUT2D eigenvalue weighted by Crippen LogP contribution is 2.31. The van der Waals surface area contributed by atoms with Crippen molar-refractivity contribution < 1.29 is 4.92 Å². The summed E-state index contributed by atoms with van der Waals surface area (Å²) in [5.74, 6) is 0.857. The summed E-state index contributed by atoms with van der Waals surface area (Å²) in [5.41, 5.74) is 3.50. The summed E-state index contributed by atoms with van der Waals surface area (Å²) in [4.78, 5) is 15.4. The number of pyridine rings is 1. The monoisotopic (exact) mass is 273 g/mol. The van der Waals surface area contributed by atoms with Crippen LogP contribution >= 0.6 is 0 Å². The minimum Gasteiger partial charge on any atom is -0.370 e. The number of benzene rings is 1. The first kappa shape index (κ1) is 14.2. The quantitative estimate of drug-likeness (QED) is 0.677. The van der Waals surface area contributed by atoms with Crippen LogP contribution in [0.3, 0.4) is 0 Å². The van der Waals surface area contributed by atoms with Gasteiger partial charge in [-0.05, 0) is 44.4 Å². The van der Waals surface area contributed by atoms with Crippen LogP contribution in [0.1, 0.15) is 30.0 Å². The van der Waals surface area contributed by atoms with E-state index >= 15 is 0 Å². The number of aryl methyl sites for hydroxylation is 3. The standard InChI is InChI=1S/C15H19N3O2/c1-5-6-16-15-10(3)7-12-11(4)13(18(19)20)8-9(2)14(12)17-15/h7-8H,5-6H2,1-4H3,(H,16,17). The summed E-state index contributed by atoms with van der Waals surface area (Å²) < 4.78 is 0. The lowest BCUT2D eigenvalue weighted by atomic mass is 10.0. The fourth-order valence-corrected chi connectivity index (χ4v) is 2.33. The minimum atomic E-state index is -0.333. The average molecular weight is 273 g/mol. The molecule has 0 bridgehead atoms. The number of nitrogens with zero attached hydrogens (tertiary/aromatic N) is 2. The van der Waals surface area contributed by atoms with Crippen molar-refractivity contribution in [2.75, 3.05) is 11.9 Å². The van der Waals surface area contributed by atoms with Crippen molar-refractivity contribution in [2.45, 2.75) is 34.1 Å². The fourth-order valence-electron chi connectivity index (χ4n) is 2.33. The van der Waals surface area contributed by atoms with Crippen molar-refractivity contribution >= 4 is 22.4 Å². The Kier molecular flexibility index (Phi) is 3.88. The molecule has 20 heavy (non-hydrogen) atoms. The molecule has 0 amide bonds. The van der Waals surface area contributed by atoms with Crippen molar-refractivity contribution in [1.82, 2.24) is 4.98 Å². The Hall–Kier alpha value is -2.17. The minimum absolute atomic E-state index is 0.158. The second kappa shape index (κ2) is 5.45. The van der Waals surface area contributed by atoms with Gasteiger partial charge in [0.25, 0.3) is 5.69 Å². The highest BCUT2D eigenvalue weighted by atomic mass is 16.6. The van der Waals surface area contributed by atoms with Crippen LogP contribution in [0, 0.1) is 30.9 Å². The summed E-state index contributed by atoms with van der Waals surface area (Å²) in [6, 6.07) is 3.58. The van der Waals surface area contributed by atoms with Gasteiger partial charge in [0.15, 0.2) is 0 Å². The number of hydrogen-bond donors (Lipinski definition) is 1. The number of rotatable bonds is 4. The molecule has 0 spiro atoms. The molecule has 0 saturated carbocycles. The summed E-state index contributed by atoms with van der Waals surface area (Å²) in [5, 5.41) is 15.2. The summed E-state index contributed by atoms with van der Waals surface area (Å²) in [7, 11) is 0. The Morgan fingerprint density at radius 2 is 1.95 bits per heavy atom. The maximum atomic E-state index is 11.1. The molecule has 106 valence electrons. The molecule has 2 rings (SSSR count). The largest absolute Gasteiger partial charge is 0.370 e. The third-order valence-electron chi connectivity index (χ3n) is 3.47. The number of hydrogen-bond acceptors (Lipinski definition) is 4. The van der Waals surface area contributed by atoms with E-state index in [1.165, 1.54) is 0 Å². The molecule has 1 aromatic heterocycles. The smallest absolute Gasteiger partial charge is 0.273 e. The SMILES string of the molecule is CCCNc1nc2c(C)cc([N+](=O)[O-])c(C)c2cc1C. The zero-order valence-corrected chi connectivity index (χ0v) is 12.3. The van der Waals surface area contributed by atoms with E-state index in [9.17, 15) is 10.1 Å². The van der Waals surface area contributed by atoms with E-state index in [1.54, 1.807) is 13.0 Å². The Balaban J connectivity index is 2.68. The highest BCUT2D eigenvalue weighted by Gasteiger charge is 2.17. The molecule has 0 fully saturated rings. The molecule has 5 nitrogen and oxygen atoms in total. The van der Waals surface area contributed by atoms with Gasteiger partial charge >= 0.3 is 0 Å². The van der Waals surface area contributed by atoms with Gasteiger partial charge in [0.05, 0.1) is 10.4 Å². The lowest BCUT2D eigenvalue weighted by Crippen LogP contribution is -2.05. The van der Waals surface area contributed by atoms with Crippen LogP contribution in [0.4, 0.5) is 11.5 Å². The van der Waals surface area contributed by atoms with Gasteiger partial charge in [-0.2, -0.15) is 0 Å². The molecular formula is C15H19N3O2. The molecule has 0 aliphatic heterocycles. The van der Waals surface area contributed by atoms with E-state index in [2.05, 4.69) is 17.2 Å². The van der Waals surface area contributed by atoms with Gasteiger partial charge in [0.1, 0.15) is 5.82 Å². The fraction of sp³-hybridized carbons (Fsp3) is 0.400. The predicted octanol–water partition coefficient (Wildman–Crippen LogP) is 3.89. The average Bonchev–Trinajstić information content (AvgIpc) is 2.40. The number of nitro groups is 1. The van der Waals surface area contributed by atoms with E-state index in [4.69, 9.17) is 0 Å². The first-order chi connectivity index (χ1) is 9.45. The molecular weight excluding hydrogens is 254 g/mol. The van der Waals surface area contributed by atoms with E-state index in [-0.39, 0.29) is 10.6 Å². The summed E-state index contributed by atoms with van der Waals surface area (Å²) >= 11 is 0. The van der Waals surface area contributed by atoms with Crippen LogP contribution in [0.15, 0.2) is 12.1 Å². The van der Waals surface area contributed by atoms with E-state index in [0.717, 1.165) is 40.8 Å². The third-order valence-corrected chi connectivity index (χ3v) is 3.47. The van der Waals surface area contributed by atoms with Gasteiger partial charge in [-0.15, -0.1) is 0 Å². The topological polar surface area (TPSA) is 68.1 Å². The lowest BCUT2D eigenvalue weighted by molar-refractivity contribution is -0.385. The normalized spacial score (nSPS) is 10.8. The van der Waals surface area contributed by atoms with Crippen LogP contribution in [0.5, 0.6) is 0 Å². The molecule has 0 aliphatic rings. The highest BCUT2D eigenvalue weighted by molar-refractivity contribution is 5.90. The second-order valence-electron chi connectivity index (χ2n) is 5.07. The number of nitrogens with one attached hydrogen (secondary N) is 1. The number of fused-ring (bicyclic) bond motifs is 1. The van der Waals surface area contributed by atoms with E-state index in [1.807, 2.05) is 19.9 Å².